The average molecular weight is 424 g/mol. The number of nitro groups is 1. The number of hydrogen-bond acceptors (Lipinski definition) is 9. The van der Waals surface area contributed by atoms with Crippen LogP contribution in [0.1, 0.15) is 25.9 Å². The Morgan fingerprint density at radius 1 is 1.17 bits per heavy atom. The molecule has 2 aromatic carbocycles. The number of methoxy groups -OCH3 is 1. The summed E-state index contributed by atoms with van der Waals surface area (Å²) in [6, 6.07) is 9.56. The molecule has 30 heavy (non-hydrogen) atoms. The maximum Gasteiger partial charge on any atom is 0.344 e. The molecular weight excluding hydrogens is 412 g/mol. The Hall–Kier alpha value is -4.05. The molecule has 0 saturated heterocycles. The van der Waals surface area contributed by atoms with E-state index in [1.54, 1.807) is 5.38 Å². The fourth-order valence-electron chi connectivity index (χ4n) is 2.79. The highest BCUT2D eigenvalue weighted by atomic mass is 32.1. The van der Waals surface area contributed by atoms with Crippen LogP contribution in [0.25, 0.3) is 11.0 Å². The second kappa shape index (κ2) is 7.76. The molecule has 0 spiro atoms. The number of nitro benzene ring substituents is 1. The van der Waals surface area contributed by atoms with Crippen molar-refractivity contribution in [3.63, 3.8) is 0 Å². The molecule has 0 unspecified atom stereocenters. The highest BCUT2D eigenvalue weighted by Gasteiger charge is 2.23. The Kier molecular flexibility index (Phi) is 4.98. The maximum atomic E-state index is 12.7. The van der Waals surface area contributed by atoms with Crippen LogP contribution in [0.3, 0.4) is 0 Å². The number of hydrogen-bond donors (Lipinski definition) is 0. The van der Waals surface area contributed by atoms with E-state index in [2.05, 4.69) is 4.98 Å². The Bertz CT molecular complexity index is 1260. The van der Waals surface area contributed by atoms with Gasteiger partial charge >= 0.3 is 5.97 Å². The second-order valence-electron chi connectivity index (χ2n) is 5.98. The summed E-state index contributed by atoms with van der Waals surface area (Å²) in [5, 5.41) is 13.0. The van der Waals surface area contributed by atoms with Crippen LogP contribution in [-0.4, -0.2) is 28.8 Å². The molecule has 9 nitrogen and oxygen atoms in total. The number of carbonyl (C=O) groups excluding carboxylic acids is 2. The minimum atomic E-state index is -0.717. The largest absolute Gasteiger partial charge is 0.493 e. The van der Waals surface area contributed by atoms with Gasteiger partial charge in [-0.1, -0.05) is 0 Å². The van der Waals surface area contributed by atoms with Crippen molar-refractivity contribution >= 4 is 39.7 Å². The van der Waals surface area contributed by atoms with Crippen LogP contribution in [0, 0.1) is 10.1 Å². The van der Waals surface area contributed by atoms with Crippen LogP contribution in [-0.2, 0) is 0 Å². The molecule has 0 N–H and O–H groups in total. The zero-order valence-corrected chi connectivity index (χ0v) is 16.2. The fourth-order valence-corrected chi connectivity index (χ4v) is 3.37. The van der Waals surface area contributed by atoms with E-state index in [9.17, 15) is 19.7 Å². The Morgan fingerprint density at radius 2 is 1.93 bits per heavy atom. The van der Waals surface area contributed by atoms with E-state index < -0.39 is 16.7 Å². The highest BCUT2D eigenvalue weighted by molar-refractivity contribution is 7.11. The number of ketones is 1. The van der Waals surface area contributed by atoms with E-state index in [1.165, 1.54) is 67.1 Å². The molecule has 0 aliphatic rings. The van der Waals surface area contributed by atoms with Gasteiger partial charge in [-0.05, 0) is 30.3 Å². The predicted octanol–water partition coefficient (Wildman–Crippen LogP) is 4.26. The van der Waals surface area contributed by atoms with E-state index in [-0.39, 0.29) is 33.4 Å². The van der Waals surface area contributed by atoms with E-state index in [0.717, 1.165) is 0 Å². The normalized spacial score (nSPS) is 10.7. The molecule has 0 radical (unpaired) electrons. The number of aromatic nitrogens is 1. The summed E-state index contributed by atoms with van der Waals surface area (Å²) in [5.41, 5.74) is 0.239. The SMILES string of the molecule is COc1ccc(C(=O)Oc2ccc([N+](=O)[O-])cc2)c2cc(C(=O)c3nccs3)oc12. The van der Waals surface area contributed by atoms with Crippen LogP contribution < -0.4 is 9.47 Å². The molecule has 0 amide bonds. The third kappa shape index (κ3) is 3.51. The van der Waals surface area contributed by atoms with Gasteiger partial charge in [0.25, 0.3) is 11.5 Å². The quantitative estimate of drug-likeness (QED) is 0.148. The zero-order valence-electron chi connectivity index (χ0n) is 15.4. The van der Waals surface area contributed by atoms with E-state index in [4.69, 9.17) is 13.9 Å². The molecule has 2 aromatic heterocycles. The molecule has 0 aliphatic carbocycles. The third-order valence-corrected chi connectivity index (χ3v) is 4.97. The Morgan fingerprint density at radius 3 is 2.57 bits per heavy atom. The molecule has 2 heterocycles. The third-order valence-electron chi connectivity index (χ3n) is 4.20. The maximum absolute atomic E-state index is 12.7. The van der Waals surface area contributed by atoms with Gasteiger partial charge in [-0.2, -0.15) is 0 Å². The number of carbonyl (C=O) groups is 2. The molecule has 0 atom stereocenters. The van der Waals surface area contributed by atoms with Crippen LogP contribution in [0.4, 0.5) is 5.69 Å². The number of ether oxygens (including phenoxy) is 2. The van der Waals surface area contributed by atoms with Crippen molar-refractivity contribution in [2.75, 3.05) is 7.11 Å². The standard InChI is InChI=1S/C20H12N2O7S/c1-27-15-7-6-13(20(24)28-12-4-2-11(3-5-12)22(25)26)14-10-16(29-18(14)15)17(23)19-21-8-9-30-19/h2-10H,1H3. The number of rotatable bonds is 6. The summed E-state index contributed by atoms with van der Waals surface area (Å²) in [6.07, 6.45) is 1.51. The summed E-state index contributed by atoms with van der Waals surface area (Å²) >= 11 is 1.17. The first-order valence-corrected chi connectivity index (χ1v) is 9.37. The lowest BCUT2D eigenvalue weighted by molar-refractivity contribution is -0.384. The number of fused-ring (bicyclic) bond motifs is 1. The second-order valence-corrected chi connectivity index (χ2v) is 6.87. The van der Waals surface area contributed by atoms with E-state index in [1.807, 2.05) is 0 Å². The molecule has 10 heteroatoms. The number of nitrogens with zero attached hydrogens (tertiary/aromatic N) is 2. The highest BCUT2D eigenvalue weighted by Crippen LogP contribution is 2.33. The Balaban J connectivity index is 1.70. The van der Waals surface area contributed by atoms with Gasteiger partial charge in [0, 0.05) is 29.1 Å². The van der Waals surface area contributed by atoms with Gasteiger partial charge in [0.2, 0.25) is 0 Å². The summed E-state index contributed by atoms with van der Waals surface area (Å²) in [5.74, 6) is -0.649. The lowest BCUT2D eigenvalue weighted by Gasteiger charge is -2.07. The minimum absolute atomic E-state index is 0.00818. The monoisotopic (exact) mass is 424 g/mol. The molecule has 4 aromatic rings. The molecule has 0 fully saturated rings. The minimum Gasteiger partial charge on any atom is -0.493 e. The summed E-state index contributed by atoms with van der Waals surface area (Å²) in [7, 11) is 1.44. The molecule has 0 saturated carbocycles. The van der Waals surface area contributed by atoms with Gasteiger partial charge in [-0.3, -0.25) is 14.9 Å². The van der Waals surface area contributed by atoms with Gasteiger partial charge in [-0.25, -0.2) is 9.78 Å². The summed E-state index contributed by atoms with van der Waals surface area (Å²) in [6.45, 7) is 0. The van der Waals surface area contributed by atoms with Crippen molar-refractivity contribution in [3.05, 3.63) is 80.5 Å². The van der Waals surface area contributed by atoms with Crippen molar-refractivity contribution in [3.8, 4) is 11.5 Å². The number of non-ortho nitro benzene ring substituents is 1. The molecule has 0 aliphatic heterocycles. The fraction of sp³-hybridized carbons (Fsp3) is 0.0500. The van der Waals surface area contributed by atoms with Crippen LogP contribution in [0.2, 0.25) is 0 Å². The van der Waals surface area contributed by atoms with Gasteiger partial charge in [0.15, 0.2) is 22.1 Å². The average Bonchev–Trinajstić information content (AvgIpc) is 3.43. The van der Waals surface area contributed by atoms with Gasteiger partial charge in [-0.15, -0.1) is 11.3 Å². The van der Waals surface area contributed by atoms with Gasteiger partial charge in [0.1, 0.15) is 5.75 Å². The first-order chi connectivity index (χ1) is 14.5. The van der Waals surface area contributed by atoms with Crippen LogP contribution in [0.5, 0.6) is 11.5 Å². The van der Waals surface area contributed by atoms with Gasteiger partial charge < -0.3 is 13.9 Å². The summed E-state index contributed by atoms with van der Waals surface area (Å²) < 4.78 is 16.3. The number of thiazole rings is 1. The molecular formula is C20H12N2O7S. The zero-order chi connectivity index (χ0) is 21.3. The van der Waals surface area contributed by atoms with E-state index >= 15 is 0 Å². The van der Waals surface area contributed by atoms with Crippen LogP contribution >= 0.6 is 11.3 Å². The van der Waals surface area contributed by atoms with Crippen molar-refractivity contribution in [2.24, 2.45) is 0 Å². The van der Waals surface area contributed by atoms with E-state index in [0.29, 0.717) is 11.1 Å². The van der Waals surface area contributed by atoms with Crippen LogP contribution in [0.15, 0.2) is 58.5 Å². The van der Waals surface area contributed by atoms with Gasteiger partial charge in [0.05, 0.1) is 17.6 Å². The molecule has 0 bridgehead atoms. The first kappa shape index (κ1) is 19.3. The lowest BCUT2D eigenvalue weighted by atomic mass is 10.1. The molecule has 4 rings (SSSR count). The van der Waals surface area contributed by atoms with Crippen molar-refractivity contribution in [1.82, 2.24) is 4.98 Å². The van der Waals surface area contributed by atoms with Crippen molar-refractivity contribution in [1.29, 1.82) is 0 Å². The number of furan rings is 1. The molecule has 150 valence electrons. The van der Waals surface area contributed by atoms with Crippen molar-refractivity contribution < 1.29 is 28.4 Å². The Labute approximate surface area is 172 Å². The first-order valence-electron chi connectivity index (χ1n) is 8.49. The topological polar surface area (TPSA) is 122 Å². The predicted molar refractivity (Wildman–Crippen MR) is 106 cm³/mol. The summed E-state index contributed by atoms with van der Waals surface area (Å²) in [4.78, 5) is 39.5. The number of esters is 1. The lowest BCUT2D eigenvalue weighted by Crippen LogP contribution is -2.09. The van der Waals surface area contributed by atoms with Crippen molar-refractivity contribution in [2.45, 2.75) is 0 Å². The number of benzene rings is 2. The smallest absolute Gasteiger partial charge is 0.344 e.